The molecule has 33 heavy (non-hydrogen) atoms. The molecule has 5 aromatic rings. The number of rotatable bonds is 5. The monoisotopic (exact) mass is 434 g/mol. The highest BCUT2D eigenvalue weighted by Crippen LogP contribution is 2.25. The van der Waals surface area contributed by atoms with Crippen LogP contribution in [-0.4, -0.2) is 22.9 Å². The van der Waals surface area contributed by atoms with Crippen molar-refractivity contribution in [1.82, 2.24) is 9.78 Å². The Morgan fingerprint density at radius 3 is 2.21 bits per heavy atom. The number of hydrogen-bond donors (Lipinski definition) is 0. The molecule has 1 aromatic heterocycles. The van der Waals surface area contributed by atoms with Crippen LogP contribution in [0.5, 0.6) is 0 Å². The number of aromatic nitrogens is 2. The van der Waals surface area contributed by atoms with Crippen molar-refractivity contribution in [2.24, 2.45) is 0 Å². The van der Waals surface area contributed by atoms with E-state index in [9.17, 15) is 9.59 Å². The summed E-state index contributed by atoms with van der Waals surface area (Å²) < 4.78 is 6.33. The first kappa shape index (κ1) is 20.6. The van der Waals surface area contributed by atoms with Crippen LogP contribution in [0.1, 0.15) is 22.9 Å². The Morgan fingerprint density at radius 2 is 1.45 bits per heavy atom. The van der Waals surface area contributed by atoms with Gasteiger partial charge < -0.3 is 4.74 Å². The van der Waals surface area contributed by atoms with E-state index in [-0.39, 0.29) is 5.56 Å². The smallest absolute Gasteiger partial charge is 0.335 e. The van der Waals surface area contributed by atoms with Gasteiger partial charge in [-0.15, -0.1) is 0 Å². The Hall–Kier alpha value is -4.25. The summed E-state index contributed by atoms with van der Waals surface area (Å²) in [5, 5.41) is 8.33. The van der Waals surface area contributed by atoms with Crippen LogP contribution in [0.3, 0.4) is 0 Å². The molecule has 0 aliphatic heterocycles. The zero-order chi connectivity index (χ0) is 22.8. The lowest BCUT2D eigenvalue weighted by atomic mass is 9.98. The van der Waals surface area contributed by atoms with Gasteiger partial charge in [0.1, 0.15) is 0 Å². The number of nitrogens with zero attached hydrogens (tertiary/aromatic N) is 2. The Bertz CT molecular complexity index is 1520. The van der Waals surface area contributed by atoms with E-state index in [0.29, 0.717) is 17.4 Å². The van der Waals surface area contributed by atoms with Crippen molar-refractivity contribution in [3.05, 3.63) is 124 Å². The van der Waals surface area contributed by atoms with E-state index in [1.165, 1.54) is 11.8 Å². The molecule has 0 radical (unpaired) electrons. The average Bonchev–Trinajstić information content (AvgIpc) is 2.87. The maximum absolute atomic E-state index is 13.5. The van der Waals surface area contributed by atoms with Gasteiger partial charge in [0.15, 0.2) is 6.04 Å². The lowest BCUT2D eigenvalue weighted by Gasteiger charge is -2.19. The van der Waals surface area contributed by atoms with E-state index in [2.05, 4.69) is 24.3 Å². The minimum Gasteiger partial charge on any atom is -0.467 e. The Morgan fingerprint density at radius 1 is 0.818 bits per heavy atom. The molecule has 0 amide bonds. The van der Waals surface area contributed by atoms with Gasteiger partial charge in [-0.25, -0.2) is 9.48 Å². The van der Waals surface area contributed by atoms with Gasteiger partial charge in [-0.2, -0.15) is 5.10 Å². The Balaban J connectivity index is 1.74. The first-order valence-corrected chi connectivity index (χ1v) is 10.8. The molecular formula is C28H22N2O3. The Labute approximate surface area is 190 Å². The second-order valence-corrected chi connectivity index (χ2v) is 7.89. The van der Waals surface area contributed by atoms with Crippen LogP contribution in [0.2, 0.25) is 0 Å². The number of carbonyl (C=O) groups excluding carboxylic acids is 1. The lowest BCUT2D eigenvalue weighted by Crippen LogP contribution is -2.34. The van der Waals surface area contributed by atoms with Crippen LogP contribution < -0.4 is 5.56 Å². The van der Waals surface area contributed by atoms with Crippen molar-refractivity contribution in [3.63, 3.8) is 0 Å². The summed E-state index contributed by atoms with van der Waals surface area (Å²) in [5.74, 6) is -0.540. The van der Waals surface area contributed by atoms with Gasteiger partial charge in [0, 0.05) is 11.8 Å². The number of esters is 1. The first-order chi connectivity index (χ1) is 16.2. The molecule has 0 aliphatic carbocycles. The number of hydrogen-bond acceptors (Lipinski definition) is 4. The van der Waals surface area contributed by atoms with Gasteiger partial charge in [0.05, 0.1) is 18.2 Å². The number of methoxy groups -OCH3 is 1. The predicted octanol–water partition coefficient (Wildman–Crippen LogP) is 4.90. The maximum atomic E-state index is 13.5. The van der Waals surface area contributed by atoms with Gasteiger partial charge in [0.25, 0.3) is 5.56 Å². The van der Waals surface area contributed by atoms with Crippen molar-refractivity contribution in [1.29, 1.82) is 0 Å². The molecular weight excluding hydrogens is 412 g/mol. The highest BCUT2D eigenvalue weighted by Gasteiger charge is 2.27. The Kier molecular flexibility index (Phi) is 5.45. The molecule has 0 spiro atoms. The van der Waals surface area contributed by atoms with Gasteiger partial charge in [0.2, 0.25) is 0 Å². The van der Waals surface area contributed by atoms with E-state index < -0.39 is 12.0 Å². The molecule has 0 aliphatic rings. The van der Waals surface area contributed by atoms with Crippen LogP contribution >= 0.6 is 0 Å². The van der Waals surface area contributed by atoms with Crippen molar-refractivity contribution in [2.45, 2.75) is 12.5 Å². The lowest BCUT2D eigenvalue weighted by molar-refractivity contribution is -0.143. The molecule has 162 valence electrons. The summed E-state index contributed by atoms with van der Waals surface area (Å²) in [4.78, 5) is 26.3. The van der Waals surface area contributed by atoms with E-state index in [1.54, 1.807) is 18.2 Å². The standard InChI is InChI=1S/C28H22N2O3/c1-33-28(32)26(20-11-3-2-4-12-20)30-27(31)24-17-8-7-16-23(24)25(29-30)18-21-14-9-13-19-10-5-6-15-22(19)21/h2-17,26H,18H2,1H3. The molecule has 0 N–H and O–H groups in total. The topological polar surface area (TPSA) is 61.2 Å². The van der Waals surface area contributed by atoms with Gasteiger partial charge in [-0.3, -0.25) is 4.79 Å². The quantitative estimate of drug-likeness (QED) is 0.369. The van der Waals surface area contributed by atoms with Gasteiger partial charge in [-0.05, 0) is 28.0 Å². The van der Waals surface area contributed by atoms with E-state index in [1.807, 2.05) is 54.6 Å². The molecule has 0 saturated heterocycles. The van der Waals surface area contributed by atoms with E-state index >= 15 is 0 Å². The second-order valence-electron chi connectivity index (χ2n) is 7.89. The normalized spacial score (nSPS) is 12.0. The van der Waals surface area contributed by atoms with Crippen LogP contribution in [0.4, 0.5) is 0 Å². The summed E-state index contributed by atoms with van der Waals surface area (Å²) >= 11 is 0. The minimum atomic E-state index is -0.973. The fourth-order valence-corrected chi connectivity index (χ4v) is 4.33. The molecule has 0 bridgehead atoms. The third kappa shape index (κ3) is 3.78. The number of ether oxygens (including phenoxy) is 1. The van der Waals surface area contributed by atoms with E-state index in [4.69, 9.17) is 9.84 Å². The zero-order valence-electron chi connectivity index (χ0n) is 18.1. The number of benzene rings is 4. The molecule has 4 aromatic carbocycles. The maximum Gasteiger partial charge on any atom is 0.335 e. The summed E-state index contributed by atoms with van der Waals surface area (Å²) in [6.45, 7) is 0. The van der Waals surface area contributed by atoms with Crippen LogP contribution in [0.15, 0.2) is 102 Å². The van der Waals surface area contributed by atoms with Crippen LogP contribution in [0.25, 0.3) is 21.5 Å². The summed E-state index contributed by atoms with van der Waals surface area (Å²) in [6.07, 6.45) is 0.519. The molecule has 1 heterocycles. The largest absolute Gasteiger partial charge is 0.467 e. The van der Waals surface area contributed by atoms with Gasteiger partial charge in [-0.1, -0.05) is 91.0 Å². The summed E-state index contributed by atoms with van der Waals surface area (Å²) in [7, 11) is 1.32. The predicted molar refractivity (Wildman–Crippen MR) is 129 cm³/mol. The van der Waals surface area contributed by atoms with Crippen LogP contribution in [0, 0.1) is 0 Å². The van der Waals surface area contributed by atoms with E-state index in [0.717, 1.165) is 27.4 Å². The highest BCUT2D eigenvalue weighted by molar-refractivity contribution is 5.88. The first-order valence-electron chi connectivity index (χ1n) is 10.8. The fourth-order valence-electron chi connectivity index (χ4n) is 4.33. The summed E-state index contributed by atoms with van der Waals surface area (Å²) in [5.41, 5.74) is 2.15. The number of fused-ring (bicyclic) bond motifs is 2. The van der Waals surface area contributed by atoms with Crippen LogP contribution in [-0.2, 0) is 16.0 Å². The van der Waals surface area contributed by atoms with Crippen molar-refractivity contribution in [3.8, 4) is 0 Å². The third-order valence-electron chi connectivity index (χ3n) is 5.93. The molecule has 5 nitrogen and oxygen atoms in total. The fraction of sp³-hybridized carbons (Fsp3) is 0.107. The molecule has 5 rings (SSSR count). The van der Waals surface area contributed by atoms with Crippen molar-refractivity contribution < 1.29 is 9.53 Å². The molecule has 0 saturated carbocycles. The average molecular weight is 434 g/mol. The summed E-state index contributed by atoms with van der Waals surface area (Å²) in [6, 6.07) is 29.9. The molecule has 0 fully saturated rings. The second kappa shape index (κ2) is 8.71. The zero-order valence-corrected chi connectivity index (χ0v) is 18.1. The highest BCUT2D eigenvalue weighted by atomic mass is 16.5. The van der Waals surface area contributed by atoms with Crippen molar-refractivity contribution >= 4 is 27.5 Å². The van der Waals surface area contributed by atoms with Gasteiger partial charge >= 0.3 is 5.97 Å². The third-order valence-corrected chi connectivity index (χ3v) is 5.93. The molecule has 1 unspecified atom stereocenters. The minimum absolute atomic E-state index is 0.327. The van der Waals surface area contributed by atoms with Crippen molar-refractivity contribution in [2.75, 3.05) is 7.11 Å². The molecule has 5 heteroatoms. The SMILES string of the molecule is COC(=O)C(c1ccccc1)n1nc(Cc2cccc3ccccc23)c2ccccc2c1=O. The molecule has 1 atom stereocenters. The number of carbonyl (C=O) groups is 1.